The van der Waals surface area contributed by atoms with E-state index in [4.69, 9.17) is 0 Å². The van der Waals surface area contributed by atoms with Crippen molar-refractivity contribution in [3.63, 3.8) is 0 Å². The highest BCUT2D eigenvalue weighted by atomic mass is 16.2. The maximum atomic E-state index is 12.5. The van der Waals surface area contributed by atoms with Gasteiger partial charge in [0.2, 0.25) is 5.91 Å². The van der Waals surface area contributed by atoms with Crippen molar-refractivity contribution >= 4 is 5.91 Å². The molecule has 1 fully saturated rings. The summed E-state index contributed by atoms with van der Waals surface area (Å²) in [6.07, 6.45) is 4.45. The van der Waals surface area contributed by atoms with Gasteiger partial charge in [0, 0.05) is 13.1 Å². The minimum atomic E-state index is -0.0288. The van der Waals surface area contributed by atoms with Crippen LogP contribution in [0.4, 0.5) is 0 Å². The second kappa shape index (κ2) is 8.18. The van der Waals surface area contributed by atoms with Crippen LogP contribution in [0.5, 0.6) is 0 Å². The fraction of sp³-hybridized carbons (Fsp3) is 0.611. The number of likely N-dealkylation sites (tertiary alicyclic amines) is 1. The molecule has 3 heteroatoms. The Labute approximate surface area is 128 Å². The molecule has 3 nitrogen and oxygen atoms in total. The molecule has 0 aromatic heterocycles. The van der Waals surface area contributed by atoms with Crippen LogP contribution in [0, 0.1) is 5.92 Å². The molecule has 0 radical (unpaired) electrons. The minimum absolute atomic E-state index is 0.0288. The summed E-state index contributed by atoms with van der Waals surface area (Å²) in [5.74, 6) is 0.636. The Morgan fingerprint density at radius 1 is 1.19 bits per heavy atom. The van der Waals surface area contributed by atoms with E-state index in [0.29, 0.717) is 11.8 Å². The largest absolute Gasteiger partial charge is 0.341 e. The van der Waals surface area contributed by atoms with Crippen molar-refractivity contribution in [3.05, 3.63) is 35.9 Å². The number of carbonyl (C=O) groups is 1. The van der Waals surface area contributed by atoms with Gasteiger partial charge in [-0.25, -0.2) is 0 Å². The molecule has 1 amide bonds. The van der Waals surface area contributed by atoms with Gasteiger partial charge in [-0.2, -0.15) is 0 Å². The Morgan fingerprint density at radius 2 is 1.86 bits per heavy atom. The van der Waals surface area contributed by atoms with Crippen molar-refractivity contribution in [2.45, 2.75) is 45.6 Å². The number of hydrogen-bond donors (Lipinski definition) is 1. The molecule has 0 aliphatic carbocycles. The van der Waals surface area contributed by atoms with Crippen molar-refractivity contribution < 1.29 is 4.79 Å². The smallest absolute Gasteiger partial charge is 0.239 e. The summed E-state index contributed by atoms with van der Waals surface area (Å²) in [6, 6.07) is 10.5. The SMILES string of the molecule is CC(C)C(NCCCc1ccccc1)C(=O)N1CCCC1. The van der Waals surface area contributed by atoms with Crippen LogP contribution in [-0.4, -0.2) is 36.5 Å². The number of amides is 1. The topological polar surface area (TPSA) is 32.3 Å². The summed E-state index contributed by atoms with van der Waals surface area (Å²) in [7, 11) is 0. The van der Waals surface area contributed by atoms with E-state index in [0.717, 1.165) is 45.3 Å². The number of benzene rings is 1. The van der Waals surface area contributed by atoms with Crippen LogP contribution in [0.25, 0.3) is 0 Å². The van der Waals surface area contributed by atoms with E-state index in [1.54, 1.807) is 0 Å². The van der Waals surface area contributed by atoms with Crippen LogP contribution < -0.4 is 5.32 Å². The van der Waals surface area contributed by atoms with Gasteiger partial charge in [-0.3, -0.25) is 4.79 Å². The summed E-state index contributed by atoms with van der Waals surface area (Å²) in [6.45, 7) is 7.03. The molecule has 2 rings (SSSR count). The summed E-state index contributed by atoms with van der Waals surface area (Å²) in [4.78, 5) is 14.5. The molecule has 1 aromatic carbocycles. The normalized spacial score (nSPS) is 16.4. The number of nitrogens with one attached hydrogen (secondary N) is 1. The molecule has 1 saturated heterocycles. The van der Waals surface area contributed by atoms with Gasteiger partial charge in [0.25, 0.3) is 0 Å². The predicted molar refractivity (Wildman–Crippen MR) is 87.2 cm³/mol. The van der Waals surface area contributed by atoms with Crippen LogP contribution in [0.1, 0.15) is 38.7 Å². The van der Waals surface area contributed by atoms with E-state index >= 15 is 0 Å². The van der Waals surface area contributed by atoms with Crippen molar-refractivity contribution in [2.75, 3.05) is 19.6 Å². The van der Waals surface area contributed by atoms with E-state index < -0.39 is 0 Å². The van der Waals surface area contributed by atoms with Crippen LogP contribution in [0.15, 0.2) is 30.3 Å². The van der Waals surface area contributed by atoms with Gasteiger partial charge in [-0.05, 0) is 43.7 Å². The Bertz CT molecular complexity index is 424. The van der Waals surface area contributed by atoms with Gasteiger partial charge >= 0.3 is 0 Å². The number of aryl methyl sites for hydroxylation is 1. The van der Waals surface area contributed by atoms with Gasteiger partial charge < -0.3 is 10.2 Å². The van der Waals surface area contributed by atoms with Gasteiger partial charge in [-0.1, -0.05) is 44.2 Å². The summed E-state index contributed by atoms with van der Waals surface area (Å²) < 4.78 is 0. The van der Waals surface area contributed by atoms with E-state index in [9.17, 15) is 4.79 Å². The lowest BCUT2D eigenvalue weighted by molar-refractivity contribution is -0.133. The lowest BCUT2D eigenvalue weighted by Crippen LogP contribution is -2.48. The maximum Gasteiger partial charge on any atom is 0.239 e. The van der Waals surface area contributed by atoms with Gasteiger partial charge in [0.15, 0.2) is 0 Å². The molecule has 1 atom stereocenters. The van der Waals surface area contributed by atoms with Crippen LogP contribution >= 0.6 is 0 Å². The van der Waals surface area contributed by atoms with Gasteiger partial charge in [0.1, 0.15) is 0 Å². The van der Waals surface area contributed by atoms with Gasteiger partial charge in [-0.15, -0.1) is 0 Å². The second-order valence-corrected chi connectivity index (χ2v) is 6.30. The molecule has 0 saturated carbocycles. The lowest BCUT2D eigenvalue weighted by Gasteiger charge is -2.26. The average Bonchev–Trinajstić information content (AvgIpc) is 3.01. The maximum absolute atomic E-state index is 12.5. The molecule has 116 valence electrons. The zero-order valence-electron chi connectivity index (χ0n) is 13.3. The monoisotopic (exact) mass is 288 g/mol. The van der Waals surface area contributed by atoms with Crippen molar-refractivity contribution in [3.8, 4) is 0 Å². The van der Waals surface area contributed by atoms with Gasteiger partial charge in [0.05, 0.1) is 6.04 Å². The fourth-order valence-electron chi connectivity index (χ4n) is 2.94. The summed E-state index contributed by atoms with van der Waals surface area (Å²) in [5.41, 5.74) is 1.37. The quantitative estimate of drug-likeness (QED) is 0.783. The third-order valence-corrected chi connectivity index (χ3v) is 4.20. The van der Waals surface area contributed by atoms with Crippen LogP contribution in [0.2, 0.25) is 0 Å². The molecule has 1 aliphatic rings. The van der Waals surface area contributed by atoms with E-state index in [1.165, 1.54) is 5.56 Å². The molecule has 0 bridgehead atoms. The van der Waals surface area contributed by atoms with E-state index in [1.807, 2.05) is 11.0 Å². The third-order valence-electron chi connectivity index (χ3n) is 4.20. The molecule has 1 N–H and O–H groups in total. The number of hydrogen-bond acceptors (Lipinski definition) is 2. The Morgan fingerprint density at radius 3 is 2.48 bits per heavy atom. The molecule has 1 aromatic rings. The van der Waals surface area contributed by atoms with E-state index in [2.05, 4.69) is 43.4 Å². The summed E-state index contributed by atoms with van der Waals surface area (Å²) in [5, 5.41) is 3.47. The first-order valence-corrected chi connectivity index (χ1v) is 8.24. The predicted octanol–water partition coefficient (Wildman–Crippen LogP) is 2.86. The second-order valence-electron chi connectivity index (χ2n) is 6.30. The molecule has 1 unspecified atom stereocenters. The van der Waals surface area contributed by atoms with E-state index in [-0.39, 0.29) is 6.04 Å². The first kappa shape index (κ1) is 16.0. The zero-order valence-corrected chi connectivity index (χ0v) is 13.3. The summed E-state index contributed by atoms with van der Waals surface area (Å²) >= 11 is 0. The number of carbonyl (C=O) groups excluding carboxylic acids is 1. The zero-order chi connectivity index (χ0) is 15.1. The molecule has 0 spiro atoms. The Hall–Kier alpha value is -1.35. The average molecular weight is 288 g/mol. The molecule has 1 heterocycles. The fourth-order valence-corrected chi connectivity index (χ4v) is 2.94. The number of rotatable bonds is 7. The Kier molecular flexibility index (Phi) is 6.24. The Balaban J connectivity index is 1.76. The highest BCUT2D eigenvalue weighted by Gasteiger charge is 2.27. The van der Waals surface area contributed by atoms with Crippen molar-refractivity contribution in [1.29, 1.82) is 0 Å². The number of nitrogens with zero attached hydrogens (tertiary/aromatic N) is 1. The highest BCUT2D eigenvalue weighted by Crippen LogP contribution is 2.13. The molecular formula is C18H28N2O. The standard InChI is InChI=1S/C18H28N2O/c1-15(2)17(18(21)20-13-6-7-14-20)19-12-8-11-16-9-4-3-5-10-16/h3-5,9-10,15,17,19H,6-8,11-14H2,1-2H3. The van der Waals surface area contributed by atoms with Crippen LogP contribution in [-0.2, 0) is 11.2 Å². The first-order valence-electron chi connectivity index (χ1n) is 8.24. The molecular weight excluding hydrogens is 260 g/mol. The van der Waals surface area contributed by atoms with Crippen molar-refractivity contribution in [1.82, 2.24) is 10.2 Å². The van der Waals surface area contributed by atoms with Crippen LogP contribution in [0.3, 0.4) is 0 Å². The first-order chi connectivity index (χ1) is 10.2. The minimum Gasteiger partial charge on any atom is -0.341 e. The third kappa shape index (κ3) is 4.85. The molecule has 21 heavy (non-hydrogen) atoms. The highest BCUT2D eigenvalue weighted by molar-refractivity contribution is 5.82. The molecule has 1 aliphatic heterocycles. The lowest BCUT2D eigenvalue weighted by atomic mass is 10.0. The van der Waals surface area contributed by atoms with Crippen molar-refractivity contribution in [2.24, 2.45) is 5.92 Å².